The number of fused-ring (bicyclic) bond motifs is 2. The van der Waals surface area contributed by atoms with E-state index in [0.717, 1.165) is 32.3 Å². The summed E-state index contributed by atoms with van der Waals surface area (Å²) in [6, 6.07) is 1.32. The number of hydrogen-bond acceptors (Lipinski definition) is 12. The van der Waals surface area contributed by atoms with E-state index in [1.54, 1.807) is 0 Å². The highest BCUT2D eigenvalue weighted by molar-refractivity contribution is 9.08. The van der Waals surface area contributed by atoms with E-state index < -0.39 is 82.8 Å². The number of benzene rings is 1. The Morgan fingerprint density at radius 3 is 2.00 bits per heavy atom. The van der Waals surface area contributed by atoms with Crippen molar-refractivity contribution in [3.63, 3.8) is 0 Å². The number of carbonyl (C=O) groups excluding carboxylic acids is 4. The molecule has 214 valence electrons. The number of aliphatic hydroxyl groups is 4. The van der Waals surface area contributed by atoms with Gasteiger partial charge in [-0.2, -0.15) is 8.58 Å². The average molecular weight is 623 g/mol. The number of aliphatic hydroxyl groups excluding tert-OH is 4. The predicted molar refractivity (Wildman–Crippen MR) is 143 cm³/mol. The molecule has 40 heavy (non-hydrogen) atoms. The van der Waals surface area contributed by atoms with Crippen molar-refractivity contribution in [3.8, 4) is 11.5 Å². The van der Waals surface area contributed by atoms with E-state index in [-0.39, 0.29) is 27.7 Å². The molecular weight excluding hydrogens is 596 g/mol. The standard InChI is InChI=1S/C25H27BrN4O10/c1-9-6-14-20(17(10(2)32)18(9)25(11(3)33,12(4)34)13(5)35)29(7-15(36)21(38)16(37)8-31)22-19(27-14)23(39)30(26)24(40)28-22/h6,15-16,21,31,36-38H,7-8H2,1-5H3/t15-,16+,21-/m1/s1. The summed E-state index contributed by atoms with van der Waals surface area (Å²) in [5, 5.41) is 40.2. The minimum atomic E-state index is -2.40. The van der Waals surface area contributed by atoms with Crippen molar-refractivity contribution < 1.29 is 39.6 Å². The van der Waals surface area contributed by atoms with Crippen LogP contribution >= 0.6 is 16.1 Å². The Labute approximate surface area is 234 Å². The van der Waals surface area contributed by atoms with Gasteiger partial charge in [0.2, 0.25) is 0 Å². The molecule has 15 heteroatoms. The second-order valence-corrected chi connectivity index (χ2v) is 10.2. The summed E-state index contributed by atoms with van der Waals surface area (Å²) in [5.74, 6) is -3.77. The first-order valence-electron chi connectivity index (χ1n) is 11.9. The molecule has 0 fully saturated rings. The lowest BCUT2D eigenvalue weighted by Gasteiger charge is -2.32. The number of ketones is 4. The third-order valence-electron chi connectivity index (χ3n) is 6.85. The van der Waals surface area contributed by atoms with Crippen molar-refractivity contribution in [3.05, 3.63) is 43.6 Å². The molecule has 4 N–H and O–H groups in total. The molecule has 1 aromatic carbocycles. The van der Waals surface area contributed by atoms with E-state index in [4.69, 9.17) is 0 Å². The van der Waals surface area contributed by atoms with Crippen molar-refractivity contribution in [2.75, 3.05) is 6.61 Å². The lowest BCUT2D eigenvalue weighted by molar-refractivity contribution is -0.140. The smallest absolute Gasteiger partial charge is 0.362 e. The Bertz CT molecular complexity index is 1620. The number of Topliss-reactive ketones (excluding diaryl/α,β-unsaturated/α-hetero) is 4. The van der Waals surface area contributed by atoms with Gasteiger partial charge in [0.1, 0.15) is 18.3 Å². The summed E-state index contributed by atoms with van der Waals surface area (Å²) in [6.07, 6.45) is -5.59. The van der Waals surface area contributed by atoms with Crippen LogP contribution in [0.5, 0.6) is 0 Å². The van der Waals surface area contributed by atoms with Crippen LogP contribution in [-0.4, -0.2) is 86.6 Å². The largest absolute Gasteiger partial charge is 0.394 e. The van der Waals surface area contributed by atoms with E-state index in [1.807, 2.05) is 0 Å². The molecule has 3 atom stereocenters. The molecule has 0 aliphatic carbocycles. The minimum absolute atomic E-state index is 0.0713. The van der Waals surface area contributed by atoms with Gasteiger partial charge >= 0.3 is 5.69 Å². The van der Waals surface area contributed by atoms with Gasteiger partial charge < -0.3 is 25.0 Å². The monoisotopic (exact) mass is 622 g/mol. The zero-order valence-electron chi connectivity index (χ0n) is 22.1. The van der Waals surface area contributed by atoms with E-state index in [9.17, 15) is 49.2 Å². The molecule has 0 unspecified atom stereocenters. The number of aromatic nitrogens is 4. The van der Waals surface area contributed by atoms with E-state index in [0.29, 0.717) is 3.59 Å². The van der Waals surface area contributed by atoms with Crippen LogP contribution in [0.1, 0.15) is 49.2 Å². The van der Waals surface area contributed by atoms with E-state index >= 15 is 0 Å². The van der Waals surface area contributed by atoms with Gasteiger partial charge in [-0.05, 0) is 51.8 Å². The van der Waals surface area contributed by atoms with E-state index in [1.165, 1.54) is 13.0 Å². The first-order valence-corrected chi connectivity index (χ1v) is 12.6. The van der Waals surface area contributed by atoms with Crippen LogP contribution < -0.4 is 11.2 Å². The van der Waals surface area contributed by atoms with Crippen molar-refractivity contribution in [1.82, 2.24) is 18.1 Å². The molecule has 0 bridgehead atoms. The molecule has 0 amide bonds. The molecule has 0 saturated heterocycles. The van der Waals surface area contributed by atoms with E-state index in [2.05, 4.69) is 26.1 Å². The summed E-state index contributed by atoms with van der Waals surface area (Å²) in [7, 11) is 0. The molecule has 2 aliphatic heterocycles. The summed E-state index contributed by atoms with van der Waals surface area (Å²) in [6.45, 7) is 4.00. The number of nitrogens with zero attached hydrogens (tertiary/aromatic N) is 4. The number of rotatable bonds is 10. The lowest BCUT2D eigenvalue weighted by Crippen LogP contribution is -2.49. The maximum Gasteiger partial charge on any atom is 0.362 e. The van der Waals surface area contributed by atoms with Gasteiger partial charge in [0.15, 0.2) is 40.1 Å². The quantitative estimate of drug-likeness (QED) is 0.119. The average Bonchev–Trinajstić information content (AvgIpc) is 2.86. The maximum absolute atomic E-state index is 13.3. The highest BCUT2D eigenvalue weighted by Gasteiger charge is 2.50. The first kappa shape index (κ1) is 31.0. The zero-order valence-corrected chi connectivity index (χ0v) is 23.7. The zero-order chi connectivity index (χ0) is 30.4. The van der Waals surface area contributed by atoms with Gasteiger partial charge in [0.25, 0.3) is 5.56 Å². The third-order valence-corrected chi connectivity index (χ3v) is 7.48. The van der Waals surface area contributed by atoms with Gasteiger partial charge in [-0.15, -0.1) is 0 Å². The normalized spacial score (nSPS) is 14.2. The summed E-state index contributed by atoms with van der Waals surface area (Å²) in [4.78, 5) is 85.8. The second-order valence-electron chi connectivity index (χ2n) is 9.47. The fourth-order valence-electron chi connectivity index (χ4n) is 5.06. The Balaban J connectivity index is 2.70. The third kappa shape index (κ3) is 4.73. The van der Waals surface area contributed by atoms with Crippen molar-refractivity contribution in [2.24, 2.45) is 0 Å². The molecule has 3 rings (SSSR count). The fraction of sp³-hybridized carbons (Fsp3) is 0.440. The Hall–Kier alpha value is -3.50. The predicted octanol–water partition coefficient (Wildman–Crippen LogP) is -1.19. The van der Waals surface area contributed by atoms with Crippen LogP contribution in [0.3, 0.4) is 0 Å². The highest BCUT2D eigenvalue weighted by atomic mass is 79.9. The summed E-state index contributed by atoms with van der Waals surface area (Å²) < 4.78 is 1.51. The van der Waals surface area contributed by atoms with Crippen LogP contribution in [0.25, 0.3) is 22.6 Å². The molecule has 0 saturated carbocycles. The first-order chi connectivity index (χ1) is 18.5. The Kier molecular flexibility index (Phi) is 8.67. The molecule has 1 aromatic rings. The highest BCUT2D eigenvalue weighted by Crippen LogP contribution is 2.39. The van der Waals surface area contributed by atoms with Crippen LogP contribution in [0.2, 0.25) is 0 Å². The number of aryl methyl sites for hydroxylation is 1. The van der Waals surface area contributed by atoms with Crippen molar-refractivity contribution in [2.45, 2.75) is 64.9 Å². The number of halogens is 1. The maximum atomic E-state index is 13.3. The van der Waals surface area contributed by atoms with Crippen LogP contribution in [0.15, 0.2) is 15.7 Å². The van der Waals surface area contributed by atoms with Gasteiger partial charge in [0, 0.05) is 5.56 Å². The SMILES string of the molecule is CC(=O)c1c(C(C(C)=O)(C(C)=O)C(C)=O)c(C)cc2nc3c(=O)n(Br)c(=O)nc-3n(C[C@@H](O)[C@@H](O)[C@@H](O)CO)c12. The molecular formula is C25H27BrN4O10. The number of hydrogen-bond donors (Lipinski definition) is 4. The molecule has 2 heterocycles. The Morgan fingerprint density at radius 2 is 1.52 bits per heavy atom. The number of carbonyl (C=O) groups is 4. The van der Waals surface area contributed by atoms with Gasteiger partial charge in [0.05, 0.1) is 40.3 Å². The molecule has 0 aromatic heterocycles. The van der Waals surface area contributed by atoms with Crippen molar-refractivity contribution in [1.29, 1.82) is 0 Å². The molecule has 0 radical (unpaired) electrons. The topological polar surface area (TPSA) is 219 Å². The van der Waals surface area contributed by atoms with Crippen LogP contribution in [0, 0.1) is 6.92 Å². The van der Waals surface area contributed by atoms with Crippen molar-refractivity contribution >= 4 is 50.3 Å². The van der Waals surface area contributed by atoms with Gasteiger partial charge in [-0.25, -0.2) is 9.78 Å². The molecule has 14 nitrogen and oxygen atoms in total. The van der Waals surface area contributed by atoms with Gasteiger partial charge in [-0.1, -0.05) is 0 Å². The van der Waals surface area contributed by atoms with Gasteiger partial charge in [-0.3, -0.25) is 24.0 Å². The second kappa shape index (κ2) is 11.2. The Morgan fingerprint density at radius 1 is 0.975 bits per heavy atom. The molecule has 2 aliphatic rings. The summed E-state index contributed by atoms with van der Waals surface area (Å²) in [5.41, 5.74) is -5.56. The molecule has 0 spiro atoms. The fourth-order valence-corrected chi connectivity index (χ4v) is 5.31. The lowest BCUT2D eigenvalue weighted by atomic mass is 9.67. The van der Waals surface area contributed by atoms with Crippen LogP contribution in [0.4, 0.5) is 0 Å². The van der Waals surface area contributed by atoms with Crippen LogP contribution in [-0.2, 0) is 26.3 Å². The summed E-state index contributed by atoms with van der Waals surface area (Å²) >= 11 is 2.79. The minimum Gasteiger partial charge on any atom is -0.394 e.